The number of nitrogens with one attached hydrogen (secondary N) is 1. The van der Waals surface area contributed by atoms with Gasteiger partial charge in [-0.15, -0.1) is 0 Å². The Morgan fingerprint density at radius 3 is 2.58 bits per heavy atom. The maximum absolute atomic E-state index is 12.6. The number of carbonyl (C=O) groups is 2. The van der Waals surface area contributed by atoms with Crippen molar-refractivity contribution in [3.8, 4) is 0 Å². The van der Waals surface area contributed by atoms with Crippen molar-refractivity contribution < 1.29 is 9.59 Å². The third-order valence-corrected chi connectivity index (χ3v) is 4.83. The first-order chi connectivity index (χ1) is 12.3. The Balaban J connectivity index is 1.85. The van der Waals surface area contributed by atoms with Crippen LogP contribution in [-0.2, 0) is 16.0 Å². The number of benzene rings is 1. The topological polar surface area (TPSA) is 52.7 Å². The average molecular weight is 360 g/mol. The van der Waals surface area contributed by atoms with Crippen molar-refractivity contribution in [2.24, 2.45) is 11.3 Å². The van der Waals surface area contributed by atoms with E-state index in [1.165, 1.54) is 0 Å². The van der Waals surface area contributed by atoms with Crippen molar-refractivity contribution >= 4 is 11.8 Å². The minimum Gasteiger partial charge on any atom is -0.355 e. The maximum atomic E-state index is 12.6. The number of nitrogens with zero attached hydrogens (tertiary/aromatic N) is 2. The molecule has 1 N–H and O–H groups in total. The molecule has 0 aromatic heterocycles. The average Bonchev–Trinajstić information content (AvgIpc) is 2.59. The molecule has 1 aliphatic rings. The fraction of sp³-hybridized carbons (Fsp3) is 0.619. The van der Waals surface area contributed by atoms with Crippen LogP contribution in [0.5, 0.6) is 0 Å². The third-order valence-electron chi connectivity index (χ3n) is 4.83. The summed E-state index contributed by atoms with van der Waals surface area (Å²) in [5.74, 6) is 0.0920. The van der Waals surface area contributed by atoms with Crippen molar-refractivity contribution in [3.05, 3.63) is 35.9 Å². The second-order valence-electron chi connectivity index (χ2n) is 8.46. The first kappa shape index (κ1) is 20.4. The van der Waals surface area contributed by atoms with Crippen LogP contribution in [0.1, 0.15) is 32.3 Å². The van der Waals surface area contributed by atoms with Gasteiger partial charge in [-0.05, 0) is 37.9 Å². The lowest BCUT2D eigenvalue weighted by atomic mass is 9.91. The fourth-order valence-corrected chi connectivity index (χ4v) is 3.68. The summed E-state index contributed by atoms with van der Waals surface area (Å²) in [7, 11) is 4.09. The van der Waals surface area contributed by atoms with Crippen LogP contribution in [0.25, 0.3) is 0 Å². The standard InChI is InChI=1S/C21H33N3O2/c1-21(2,16-23(3)4)15-22-20(26)18-11-8-12-24(14-18)19(25)13-17-9-6-5-7-10-17/h5-7,9-10,18H,8,11-16H2,1-4H3,(H,22,26)/t18-/m1/s1. The highest BCUT2D eigenvalue weighted by molar-refractivity contribution is 5.82. The van der Waals surface area contributed by atoms with Crippen molar-refractivity contribution in [1.82, 2.24) is 15.1 Å². The minimum atomic E-state index is -0.0985. The highest BCUT2D eigenvalue weighted by atomic mass is 16.2. The SMILES string of the molecule is CN(C)CC(C)(C)CNC(=O)[C@@H]1CCCN(C(=O)Cc2ccccc2)C1. The van der Waals surface area contributed by atoms with E-state index >= 15 is 0 Å². The monoisotopic (exact) mass is 359 g/mol. The van der Waals surface area contributed by atoms with Crippen LogP contribution in [0.15, 0.2) is 30.3 Å². The Morgan fingerprint density at radius 1 is 1.23 bits per heavy atom. The van der Waals surface area contributed by atoms with Crippen LogP contribution in [0.2, 0.25) is 0 Å². The summed E-state index contributed by atoms with van der Waals surface area (Å²) in [5.41, 5.74) is 1.05. The van der Waals surface area contributed by atoms with Gasteiger partial charge in [-0.1, -0.05) is 44.2 Å². The number of amides is 2. The fourth-order valence-electron chi connectivity index (χ4n) is 3.68. The summed E-state index contributed by atoms with van der Waals surface area (Å²) in [6, 6.07) is 9.79. The largest absolute Gasteiger partial charge is 0.355 e. The highest BCUT2D eigenvalue weighted by Crippen LogP contribution is 2.19. The van der Waals surface area contributed by atoms with Crippen LogP contribution in [0, 0.1) is 11.3 Å². The lowest BCUT2D eigenvalue weighted by Gasteiger charge is -2.33. The Labute approximate surface area is 157 Å². The highest BCUT2D eigenvalue weighted by Gasteiger charge is 2.29. The summed E-state index contributed by atoms with van der Waals surface area (Å²) in [6.07, 6.45) is 2.15. The molecular formula is C21H33N3O2. The lowest BCUT2D eigenvalue weighted by molar-refractivity contribution is -0.135. The zero-order valence-electron chi connectivity index (χ0n) is 16.6. The number of likely N-dealkylation sites (tertiary alicyclic amines) is 1. The zero-order chi connectivity index (χ0) is 19.2. The van der Waals surface area contributed by atoms with E-state index in [2.05, 4.69) is 24.1 Å². The molecule has 1 heterocycles. The molecule has 5 nitrogen and oxygen atoms in total. The van der Waals surface area contributed by atoms with Crippen molar-refractivity contribution in [1.29, 1.82) is 0 Å². The van der Waals surface area contributed by atoms with Gasteiger partial charge in [0.15, 0.2) is 0 Å². The molecule has 2 amide bonds. The Morgan fingerprint density at radius 2 is 1.92 bits per heavy atom. The predicted octanol–water partition coefficient (Wildman–Crippen LogP) is 2.17. The molecule has 0 aliphatic carbocycles. The van der Waals surface area contributed by atoms with Crippen molar-refractivity contribution in [3.63, 3.8) is 0 Å². The Kier molecular flexibility index (Phi) is 7.21. The molecule has 0 radical (unpaired) electrons. The lowest BCUT2D eigenvalue weighted by Crippen LogP contribution is -2.48. The summed E-state index contributed by atoms with van der Waals surface area (Å²) >= 11 is 0. The van der Waals surface area contributed by atoms with Crippen molar-refractivity contribution in [2.45, 2.75) is 33.1 Å². The molecular weight excluding hydrogens is 326 g/mol. The van der Waals surface area contributed by atoms with Gasteiger partial charge in [-0.3, -0.25) is 9.59 Å². The molecule has 1 aromatic carbocycles. The summed E-state index contributed by atoms with van der Waals surface area (Å²) in [5, 5.41) is 3.10. The molecule has 1 atom stereocenters. The molecule has 1 fully saturated rings. The summed E-state index contributed by atoms with van der Waals surface area (Å²) in [4.78, 5) is 29.1. The Bertz CT molecular complexity index is 599. The number of rotatable bonds is 7. The minimum absolute atomic E-state index is 0.0244. The van der Waals surface area contributed by atoms with E-state index in [-0.39, 0.29) is 23.1 Å². The number of hydrogen-bond acceptors (Lipinski definition) is 3. The summed E-state index contributed by atoms with van der Waals surface area (Å²) in [6.45, 7) is 7.17. The van der Waals surface area contributed by atoms with Crippen LogP contribution in [0.4, 0.5) is 0 Å². The second-order valence-corrected chi connectivity index (χ2v) is 8.46. The second kappa shape index (κ2) is 9.17. The quantitative estimate of drug-likeness (QED) is 0.812. The van der Waals surface area contributed by atoms with Gasteiger partial charge in [0.1, 0.15) is 0 Å². The van der Waals surface area contributed by atoms with Gasteiger partial charge in [0.05, 0.1) is 12.3 Å². The van der Waals surface area contributed by atoms with E-state index in [1.54, 1.807) is 0 Å². The molecule has 1 aromatic rings. The molecule has 5 heteroatoms. The van der Waals surface area contributed by atoms with E-state index in [1.807, 2.05) is 49.3 Å². The number of hydrogen-bond donors (Lipinski definition) is 1. The molecule has 1 aliphatic heterocycles. The third kappa shape index (κ3) is 6.45. The molecule has 0 spiro atoms. The van der Waals surface area contributed by atoms with Gasteiger partial charge < -0.3 is 15.1 Å². The van der Waals surface area contributed by atoms with Crippen LogP contribution >= 0.6 is 0 Å². The molecule has 144 valence electrons. The smallest absolute Gasteiger partial charge is 0.227 e. The van der Waals surface area contributed by atoms with E-state index in [4.69, 9.17) is 0 Å². The van der Waals surface area contributed by atoms with Gasteiger partial charge in [0, 0.05) is 26.2 Å². The van der Waals surface area contributed by atoms with Gasteiger partial charge >= 0.3 is 0 Å². The normalized spacial score (nSPS) is 18.0. The first-order valence-corrected chi connectivity index (χ1v) is 9.51. The van der Waals surface area contributed by atoms with E-state index in [0.29, 0.717) is 19.5 Å². The predicted molar refractivity (Wildman–Crippen MR) is 105 cm³/mol. The maximum Gasteiger partial charge on any atom is 0.227 e. The molecule has 0 saturated carbocycles. The molecule has 2 rings (SSSR count). The van der Waals surface area contributed by atoms with Gasteiger partial charge in [-0.25, -0.2) is 0 Å². The molecule has 26 heavy (non-hydrogen) atoms. The van der Waals surface area contributed by atoms with E-state index < -0.39 is 0 Å². The van der Waals surface area contributed by atoms with Crippen molar-refractivity contribution in [2.75, 3.05) is 40.3 Å². The number of carbonyl (C=O) groups excluding carboxylic acids is 2. The molecule has 0 bridgehead atoms. The van der Waals surface area contributed by atoms with E-state index in [9.17, 15) is 9.59 Å². The summed E-state index contributed by atoms with van der Waals surface area (Å²) < 4.78 is 0. The van der Waals surface area contributed by atoms with Crippen LogP contribution < -0.4 is 5.32 Å². The molecule has 0 unspecified atom stereocenters. The first-order valence-electron chi connectivity index (χ1n) is 9.51. The Hall–Kier alpha value is -1.88. The number of piperidine rings is 1. The van der Waals surface area contributed by atoms with Crippen LogP contribution in [0.3, 0.4) is 0 Å². The van der Waals surface area contributed by atoms with Gasteiger partial charge in [0.25, 0.3) is 0 Å². The zero-order valence-corrected chi connectivity index (χ0v) is 16.6. The molecule has 1 saturated heterocycles. The van der Waals surface area contributed by atoms with Crippen LogP contribution in [-0.4, -0.2) is 61.9 Å². The van der Waals surface area contributed by atoms with E-state index in [0.717, 1.165) is 31.5 Å². The van der Waals surface area contributed by atoms with Gasteiger partial charge in [-0.2, -0.15) is 0 Å². The van der Waals surface area contributed by atoms with Gasteiger partial charge in [0.2, 0.25) is 11.8 Å².